The zero-order chi connectivity index (χ0) is 15.4. The zero-order valence-corrected chi connectivity index (χ0v) is 13.5. The third kappa shape index (κ3) is 3.80. The molecule has 0 radical (unpaired) electrons. The van der Waals surface area contributed by atoms with E-state index in [9.17, 15) is 9.90 Å². The van der Waals surface area contributed by atoms with Gasteiger partial charge in [0.15, 0.2) is 0 Å². The van der Waals surface area contributed by atoms with E-state index in [1.54, 1.807) is 36.0 Å². The van der Waals surface area contributed by atoms with Gasteiger partial charge in [0.1, 0.15) is 11.4 Å². The van der Waals surface area contributed by atoms with Crippen LogP contribution in [0.2, 0.25) is 5.02 Å². The van der Waals surface area contributed by atoms with E-state index in [0.29, 0.717) is 27.4 Å². The summed E-state index contributed by atoms with van der Waals surface area (Å²) in [5.41, 5.74) is 0.208. The molecule has 2 rings (SSSR count). The van der Waals surface area contributed by atoms with Crippen molar-refractivity contribution >= 4 is 23.4 Å². The number of H-pyrrole nitrogens is 1. The number of aromatic hydroxyl groups is 1. The number of benzene rings is 1. The minimum atomic E-state index is -0.379. The van der Waals surface area contributed by atoms with Crippen LogP contribution in [-0.4, -0.2) is 20.3 Å². The smallest absolute Gasteiger partial charge is 0.262 e. The fourth-order valence-corrected chi connectivity index (χ4v) is 2.87. The molecule has 0 fully saturated rings. The van der Waals surface area contributed by atoms with Gasteiger partial charge < -0.3 is 10.1 Å². The number of halogens is 1. The number of aromatic nitrogens is 2. The van der Waals surface area contributed by atoms with Crippen LogP contribution >= 0.6 is 23.4 Å². The predicted octanol–water partition coefficient (Wildman–Crippen LogP) is 3.83. The van der Waals surface area contributed by atoms with Crippen LogP contribution in [0, 0.1) is 0 Å². The van der Waals surface area contributed by atoms with Crippen LogP contribution < -0.4 is 5.56 Å². The van der Waals surface area contributed by atoms with Crippen LogP contribution in [0.4, 0.5) is 0 Å². The van der Waals surface area contributed by atoms with Crippen molar-refractivity contribution in [2.45, 2.75) is 31.3 Å². The summed E-state index contributed by atoms with van der Waals surface area (Å²) in [5.74, 6) is 0.742. The minimum absolute atomic E-state index is 0.109. The molecule has 0 bridgehead atoms. The first kappa shape index (κ1) is 15.9. The molecule has 1 atom stereocenters. The molecule has 2 aromatic rings. The molecule has 0 spiro atoms. The standard InChI is InChI=1S/C15H17ClN2O2S/c1-3-9(2)21-8-12-17-14(19)13(15(20)18-12)10-6-4-5-7-11(10)16/h4-7,9H,3,8H2,1-2H3,(H2,17,18,19,20). The molecule has 4 nitrogen and oxygen atoms in total. The van der Waals surface area contributed by atoms with Crippen molar-refractivity contribution in [2.24, 2.45) is 0 Å². The molecule has 0 aliphatic carbocycles. The number of rotatable bonds is 5. The lowest BCUT2D eigenvalue weighted by Gasteiger charge is -2.09. The lowest BCUT2D eigenvalue weighted by Crippen LogP contribution is -2.14. The molecule has 0 amide bonds. The molecular formula is C15H17ClN2O2S. The predicted molar refractivity (Wildman–Crippen MR) is 88.0 cm³/mol. The van der Waals surface area contributed by atoms with E-state index in [2.05, 4.69) is 23.8 Å². The Kier molecular flexibility index (Phi) is 5.31. The van der Waals surface area contributed by atoms with Gasteiger partial charge in [0.2, 0.25) is 5.88 Å². The Morgan fingerprint density at radius 2 is 2.14 bits per heavy atom. The fraction of sp³-hybridized carbons (Fsp3) is 0.333. The molecule has 0 saturated carbocycles. The van der Waals surface area contributed by atoms with E-state index in [-0.39, 0.29) is 17.0 Å². The van der Waals surface area contributed by atoms with E-state index in [1.165, 1.54) is 0 Å². The minimum Gasteiger partial charge on any atom is -0.493 e. The van der Waals surface area contributed by atoms with Crippen molar-refractivity contribution in [1.82, 2.24) is 9.97 Å². The van der Waals surface area contributed by atoms with Crippen LogP contribution in [0.15, 0.2) is 29.1 Å². The second-order valence-electron chi connectivity index (χ2n) is 4.72. The lowest BCUT2D eigenvalue weighted by atomic mass is 10.1. The van der Waals surface area contributed by atoms with Gasteiger partial charge in [-0.2, -0.15) is 16.7 Å². The van der Waals surface area contributed by atoms with Crippen molar-refractivity contribution in [3.05, 3.63) is 45.5 Å². The van der Waals surface area contributed by atoms with Gasteiger partial charge in [0.05, 0.1) is 5.75 Å². The van der Waals surface area contributed by atoms with Crippen LogP contribution in [0.25, 0.3) is 11.1 Å². The van der Waals surface area contributed by atoms with E-state index in [4.69, 9.17) is 11.6 Å². The largest absolute Gasteiger partial charge is 0.493 e. The van der Waals surface area contributed by atoms with Crippen molar-refractivity contribution in [2.75, 3.05) is 0 Å². The van der Waals surface area contributed by atoms with Gasteiger partial charge in [0.25, 0.3) is 5.56 Å². The van der Waals surface area contributed by atoms with Gasteiger partial charge >= 0.3 is 0 Å². The molecular weight excluding hydrogens is 308 g/mol. The maximum Gasteiger partial charge on any atom is 0.262 e. The van der Waals surface area contributed by atoms with Gasteiger partial charge in [-0.15, -0.1) is 0 Å². The van der Waals surface area contributed by atoms with E-state index >= 15 is 0 Å². The maximum atomic E-state index is 12.2. The Morgan fingerprint density at radius 1 is 1.43 bits per heavy atom. The zero-order valence-electron chi connectivity index (χ0n) is 11.9. The molecule has 112 valence electrons. The highest BCUT2D eigenvalue weighted by Gasteiger charge is 2.15. The SMILES string of the molecule is CCC(C)SCc1nc(O)c(-c2ccccc2Cl)c(=O)[nH]1. The highest BCUT2D eigenvalue weighted by molar-refractivity contribution is 7.99. The lowest BCUT2D eigenvalue weighted by molar-refractivity contribution is 0.451. The van der Waals surface area contributed by atoms with Crippen molar-refractivity contribution in [1.29, 1.82) is 0 Å². The normalized spacial score (nSPS) is 12.3. The van der Waals surface area contributed by atoms with Gasteiger partial charge in [-0.25, -0.2) is 0 Å². The summed E-state index contributed by atoms with van der Waals surface area (Å²) in [6, 6.07) is 6.87. The Morgan fingerprint density at radius 3 is 2.76 bits per heavy atom. The summed E-state index contributed by atoms with van der Waals surface area (Å²) in [4.78, 5) is 19.0. The van der Waals surface area contributed by atoms with Crippen LogP contribution in [0.1, 0.15) is 26.1 Å². The van der Waals surface area contributed by atoms with Crippen LogP contribution in [0.5, 0.6) is 5.88 Å². The molecule has 0 saturated heterocycles. The second kappa shape index (κ2) is 7.00. The molecule has 0 aliphatic rings. The van der Waals surface area contributed by atoms with Crippen LogP contribution in [0.3, 0.4) is 0 Å². The summed E-state index contributed by atoms with van der Waals surface area (Å²) in [6.45, 7) is 4.21. The maximum absolute atomic E-state index is 12.2. The average molecular weight is 325 g/mol. The molecule has 1 unspecified atom stereocenters. The third-order valence-electron chi connectivity index (χ3n) is 3.17. The second-order valence-corrected chi connectivity index (χ2v) is 6.55. The number of nitrogens with one attached hydrogen (secondary N) is 1. The third-order valence-corrected chi connectivity index (χ3v) is 4.84. The Labute approximate surface area is 132 Å². The average Bonchev–Trinajstić information content (AvgIpc) is 2.46. The molecule has 1 aromatic carbocycles. The Bertz CT molecular complexity index is 688. The number of aromatic amines is 1. The first-order valence-corrected chi connectivity index (χ1v) is 8.14. The Balaban J connectivity index is 2.35. The van der Waals surface area contributed by atoms with Crippen molar-refractivity contribution < 1.29 is 5.11 Å². The first-order valence-electron chi connectivity index (χ1n) is 6.71. The van der Waals surface area contributed by atoms with Gasteiger partial charge in [-0.3, -0.25) is 4.79 Å². The molecule has 1 aromatic heterocycles. The van der Waals surface area contributed by atoms with Gasteiger partial charge in [-0.1, -0.05) is 43.6 Å². The van der Waals surface area contributed by atoms with E-state index in [1.807, 2.05) is 0 Å². The summed E-state index contributed by atoms with van der Waals surface area (Å²) >= 11 is 7.75. The van der Waals surface area contributed by atoms with Crippen molar-refractivity contribution in [3.8, 4) is 17.0 Å². The van der Waals surface area contributed by atoms with E-state index < -0.39 is 0 Å². The number of hydrogen-bond donors (Lipinski definition) is 2. The topological polar surface area (TPSA) is 66.0 Å². The fourth-order valence-electron chi connectivity index (χ4n) is 1.82. The van der Waals surface area contributed by atoms with Gasteiger partial charge in [0, 0.05) is 15.8 Å². The first-order chi connectivity index (χ1) is 10.0. The molecule has 21 heavy (non-hydrogen) atoms. The number of thioether (sulfide) groups is 1. The summed E-state index contributed by atoms with van der Waals surface area (Å²) < 4.78 is 0. The quantitative estimate of drug-likeness (QED) is 0.877. The van der Waals surface area contributed by atoms with Gasteiger partial charge in [-0.05, 0) is 12.5 Å². The summed E-state index contributed by atoms with van der Waals surface area (Å²) in [5, 5.41) is 11.0. The number of hydrogen-bond acceptors (Lipinski definition) is 4. The molecule has 1 heterocycles. The van der Waals surface area contributed by atoms with E-state index in [0.717, 1.165) is 6.42 Å². The number of nitrogens with zero attached hydrogens (tertiary/aromatic N) is 1. The summed E-state index contributed by atoms with van der Waals surface area (Å²) in [7, 11) is 0. The summed E-state index contributed by atoms with van der Waals surface area (Å²) in [6.07, 6.45) is 1.04. The monoisotopic (exact) mass is 324 g/mol. The molecule has 0 aliphatic heterocycles. The highest BCUT2D eigenvalue weighted by Crippen LogP contribution is 2.30. The highest BCUT2D eigenvalue weighted by atomic mass is 35.5. The molecule has 2 N–H and O–H groups in total. The Hall–Kier alpha value is -1.46. The van der Waals surface area contributed by atoms with Crippen LogP contribution in [-0.2, 0) is 5.75 Å². The van der Waals surface area contributed by atoms with Crippen molar-refractivity contribution in [3.63, 3.8) is 0 Å². The molecule has 6 heteroatoms.